The number of carbonyl (C=O) groups excluding carboxylic acids is 2. The lowest BCUT2D eigenvalue weighted by molar-refractivity contribution is -0.113. The number of aromatic nitrogens is 1. The minimum Gasteiger partial charge on any atom is -0.465 e. The Morgan fingerprint density at radius 3 is 2.65 bits per heavy atom. The summed E-state index contributed by atoms with van der Waals surface area (Å²) in [5, 5.41) is 3.76. The predicted octanol–water partition coefficient (Wildman–Crippen LogP) is 5.99. The lowest BCUT2D eigenvalue weighted by atomic mass is 9.81. The predicted molar refractivity (Wildman–Crippen MR) is 120 cm³/mol. The molecule has 162 valence electrons. The summed E-state index contributed by atoms with van der Waals surface area (Å²) in [6, 6.07) is 9.70. The molecule has 1 amide bonds. The minimum absolute atomic E-state index is 0.193. The van der Waals surface area contributed by atoms with Crippen LogP contribution in [0.1, 0.15) is 53.9 Å². The van der Waals surface area contributed by atoms with E-state index < -0.39 is 11.8 Å². The lowest BCUT2D eigenvalue weighted by Crippen LogP contribution is -2.14. The maximum Gasteiger partial charge on any atom is 0.337 e. The van der Waals surface area contributed by atoms with Gasteiger partial charge in [0.05, 0.1) is 24.1 Å². The Labute approximate surface area is 184 Å². The van der Waals surface area contributed by atoms with E-state index in [1.165, 1.54) is 25.7 Å². The van der Waals surface area contributed by atoms with Crippen molar-refractivity contribution in [3.05, 3.63) is 53.3 Å². The number of halogens is 2. The van der Waals surface area contributed by atoms with Crippen LogP contribution in [-0.2, 0) is 9.53 Å². The number of benzene rings is 2. The lowest BCUT2D eigenvalue weighted by Gasteiger charge is -2.23. The van der Waals surface area contributed by atoms with Gasteiger partial charge in [0.25, 0.3) is 0 Å². The molecule has 5 nitrogen and oxygen atoms in total. The molecule has 1 aliphatic rings. The molecule has 0 unspecified atom stereocenters. The van der Waals surface area contributed by atoms with Crippen LogP contribution < -0.4 is 5.32 Å². The number of nitrogens with one attached hydrogen (secondary N) is 2. The second-order valence-electron chi connectivity index (χ2n) is 7.87. The largest absolute Gasteiger partial charge is 0.465 e. The molecule has 0 aliphatic heterocycles. The summed E-state index contributed by atoms with van der Waals surface area (Å²) >= 11 is 5.67. The zero-order chi connectivity index (χ0) is 22.0. The molecule has 31 heavy (non-hydrogen) atoms. The Morgan fingerprint density at radius 1 is 1.16 bits per heavy atom. The summed E-state index contributed by atoms with van der Waals surface area (Å²) < 4.78 is 19.1. The second kappa shape index (κ2) is 9.10. The normalized spacial score (nSPS) is 14.5. The number of carbonyl (C=O) groups is 2. The first-order valence-electron chi connectivity index (χ1n) is 10.4. The van der Waals surface area contributed by atoms with Crippen LogP contribution in [0.5, 0.6) is 0 Å². The number of methoxy groups -OCH3 is 1. The molecule has 4 rings (SSSR count). The fourth-order valence-electron chi connectivity index (χ4n) is 4.51. The average molecular weight is 443 g/mol. The van der Waals surface area contributed by atoms with E-state index in [1.807, 2.05) is 6.07 Å². The number of anilines is 1. The van der Waals surface area contributed by atoms with E-state index in [0.717, 1.165) is 47.8 Å². The number of H-pyrrole nitrogens is 1. The number of esters is 1. The third-order valence-corrected chi connectivity index (χ3v) is 6.16. The number of hydrogen-bond donors (Lipinski definition) is 2. The smallest absolute Gasteiger partial charge is 0.337 e. The highest BCUT2D eigenvalue weighted by Crippen LogP contribution is 2.44. The molecule has 0 bridgehead atoms. The van der Waals surface area contributed by atoms with Gasteiger partial charge in [-0.1, -0.05) is 25.3 Å². The van der Waals surface area contributed by atoms with Gasteiger partial charge in [-0.25, -0.2) is 9.18 Å². The Bertz CT molecular complexity index is 1140. The summed E-state index contributed by atoms with van der Waals surface area (Å²) in [4.78, 5) is 27.4. The van der Waals surface area contributed by atoms with Crippen molar-refractivity contribution in [1.29, 1.82) is 0 Å². The molecular weight excluding hydrogens is 419 g/mol. The maximum absolute atomic E-state index is 14.3. The van der Waals surface area contributed by atoms with E-state index in [2.05, 4.69) is 10.3 Å². The van der Waals surface area contributed by atoms with E-state index in [1.54, 1.807) is 18.2 Å². The van der Waals surface area contributed by atoms with Gasteiger partial charge in [-0.05, 0) is 54.7 Å². The number of ether oxygens (including phenoxy) is 1. The Balaban J connectivity index is 1.93. The molecule has 3 aromatic rings. The van der Waals surface area contributed by atoms with E-state index >= 15 is 0 Å². The molecule has 0 saturated heterocycles. The molecule has 1 aromatic heterocycles. The fourth-order valence-corrected chi connectivity index (χ4v) is 4.57. The number of alkyl halides is 1. The molecule has 1 fully saturated rings. The monoisotopic (exact) mass is 442 g/mol. The topological polar surface area (TPSA) is 71.2 Å². The second-order valence-corrected chi connectivity index (χ2v) is 8.14. The van der Waals surface area contributed by atoms with Crippen molar-refractivity contribution >= 4 is 40.1 Å². The first-order valence-corrected chi connectivity index (χ1v) is 10.9. The van der Waals surface area contributed by atoms with Crippen LogP contribution in [0, 0.1) is 5.82 Å². The highest BCUT2D eigenvalue weighted by atomic mass is 35.5. The SMILES string of the molecule is COC(=O)c1ccc2c(C3CCCCC3)c(-c3cc(F)ccc3NC(=O)CCl)[nH]c2c1. The van der Waals surface area contributed by atoms with E-state index in [0.29, 0.717) is 22.7 Å². The molecule has 1 saturated carbocycles. The van der Waals surface area contributed by atoms with E-state index in [-0.39, 0.29) is 11.8 Å². The standard InChI is InChI=1S/C24H24ClFN2O3/c1-31-24(30)15-7-9-17-20(11-15)28-23(22(17)14-5-3-2-4-6-14)18-12-16(26)8-10-19(18)27-21(29)13-25/h7-12,14,28H,2-6,13H2,1H3,(H,27,29). The van der Waals surface area contributed by atoms with Crippen molar-refractivity contribution in [1.82, 2.24) is 4.98 Å². The van der Waals surface area contributed by atoms with Gasteiger partial charge in [0, 0.05) is 16.5 Å². The third kappa shape index (κ3) is 4.30. The highest BCUT2D eigenvalue weighted by molar-refractivity contribution is 6.29. The van der Waals surface area contributed by atoms with E-state index in [9.17, 15) is 14.0 Å². The minimum atomic E-state index is -0.418. The van der Waals surface area contributed by atoms with Gasteiger partial charge >= 0.3 is 5.97 Å². The average Bonchev–Trinajstić information content (AvgIpc) is 3.18. The first-order chi connectivity index (χ1) is 15.0. The summed E-state index contributed by atoms with van der Waals surface area (Å²) in [6.07, 6.45) is 5.55. The quantitative estimate of drug-likeness (QED) is 0.377. The van der Waals surface area contributed by atoms with Gasteiger partial charge in [0.2, 0.25) is 5.91 Å². The van der Waals surface area contributed by atoms with E-state index in [4.69, 9.17) is 16.3 Å². The molecule has 0 spiro atoms. The Kier molecular flexibility index (Phi) is 6.28. The van der Waals surface area contributed by atoms with Crippen molar-refractivity contribution in [2.24, 2.45) is 0 Å². The number of aromatic amines is 1. The molecule has 7 heteroatoms. The molecule has 0 atom stereocenters. The molecule has 2 aromatic carbocycles. The summed E-state index contributed by atoms with van der Waals surface area (Å²) in [7, 11) is 1.35. The van der Waals surface area contributed by atoms with Crippen LogP contribution in [0.3, 0.4) is 0 Å². The zero-order valence-electron chi connectivity index (χ0n) is 17.3. The van der Waals surface area contributed by atoms with Crippen LogP contribution in [0.15, 0.2) is 36.4 Å². The van der Waals surface area contributed by atoms with Crippen molar-refractivity contribution in [2.45, 2.75) is 38.0 Å². The number of rotatable bonds is 5. The van der Waals surface area contributed by atoms with Gasteiger partial charge in [0.15, 0.2) is 0 Å². The molecule has 1 aliphatic carbocycles. The van der Waals surface area contributed by atoms with Gasteiger partial charge in [0.1, 0.15) is 11.7 Å². The van der Waals surface area contributed by atoms with Gasteiger partial charge in [-0.3, -0.25) is 4.79 Å². The highest BCUT2D eigenvalue weighted by Gasteiger charge is 2.26. The summed E-state index contributed by atoms with van der Waals surface area (Å²) in [6.45, 7) is 0. The van der Waals surface area contributed by atoms with Gasteiger partial charge in [-0.15, -0.1) is 11.6 Å². The van der Waals surface area contributed by atoms with Crippen molar-refractivity contribution < 1.29 is 18.7 Å². The van der Waals surface area contributed by atoms with Crippen LogP contribution in [0.25, 0.3) is 22.2 Å². The van der Waals surface area contributed by atoms with Crippen molar-refractivity contribution in [3.63, 3.8) is 0 Å². The third-order valence-electron chi connectivity index (χ3n) is 5.92. The number of hydrogen-bond acceptors (Lipinski definition) is 3. The molecule has 2 N–H and O–H groups in total. The van der Waals surface area contributed by atoms with Gasteiger partial charge in [-0.2, -0.15) is 0 Å². The van der Waals surface area contributed by atoms with Crippen molar-refractivity contribution in [3.8, 4) is 11.3 Å². The van der Waals surface area contributed by atoms with Crippen LogP contribution >= 0.6 is 11.6 Å². The zero-order valence-corrected chi connectivity index (χ0v) is 18.0. The van der Waals surface area contributed by atoms with Crippen molar-refractivity contribution in [2.75, 3.05) is 18.3 Å². The number of fused-ring (bicyclic) bond motifs is 1. The molecule has 1 heterocycles. The van der Waals surface area contributed by atoms with Crippen LogP contribution in [0.4, 0.5) is 10.1 Å². The Hall–Kier alpha value is -2.86. The maximum atomic E-state index is 14.3. The molecule has 0 radical (unpaired) electrons. The van der Waals surface area contributed by atoms with Crippen LogP contribution in [-0.4, -0.2) is 29.9 Å². The fraction of sp³-hybridized carbons (Fsp3) is 0.333. The molecular formula is C24H24ClFN2O3. The summed E-state index contributed by atoms with van der Waals surface area (Å²) in [5.74, 6) is -1.07. The number of amides is 1. The van der Waals surface area contributed by atoms with Crippen LogP contribution in [0.2, 0.25) is 0 Å². The first kappa shape index (κ1) is 21.4. The summed E-state index contributed by atoms with van der Waals surface area (Å²) in [5.41, 5.74) is 4.12. The Morgan fingerprint density at radius 2 is 1.94 bits per heavy atom. The van der Waals surface area contributed by atoms with Gasteiger partial charge < -0.3 is 15.0 Å².